The van der Waals surface area contributed by atoms with Gasteiger partial charge in [0.2, 0.25) is 5.91 Å². The van der Waals surface area contributed by atoms with Crippen LogP contribution in [0.4, 0.5) is 0 Å². The molecule has 7 heteroatoms. The van der Waals surface area contributed by atoms with Gasteiger partial charge in [-0.1, -0.05) is 30.3 Å². The molecule has 3 rings (SSSR count). The number of hydrogen-bond acceptors (Lipinski definition) is 4. The molecule has 2 heterocycles. The smallest absolute Gasteiger partial charge is 0.289 e. The maximum absolute atomic E-state index is 12.9. The SMILES string of the molecule is CN1CCN(C(=O)CN(C)C(=O)c2ccc(Br)o2)C(c2ccccc2)C1. The highest BCUT2D eigenvalue weighted by Crippen LogP contribution is 2.25. The Hall–Kier alpha value is -2.12. The highest BCUT2D eigenvalue weighted by atomic mass is 79.9. The first kappa shape index (κ1) is 18.7. The molecule has 0 N–H and O–H groups in total. The number of piperazine rings is 1. The second-order valence-corrected chi connectivity index (χ2v) is 7.32. The van der Waals surface area contributed by atoms with Crippen LogP contribution >= 0.6 is 15.9 Å². The van der Waals surface area contributed by atoms with E-state index in [9.17, 15) is 9.59 Å². The molecule has 26 heavy (non-hydrogen) atoms. The molecule has 1 aliphatic rings. The van der Waals surface area contributed by atoms with Crippen LogP contribution in [-0.2, 0) is 4.79 Å². The summed E-state index contributed by atoms with van der Waals surface area (Å²) in [6.45, 7) is 2.25. The molecule has 0 radical (unpaired) electrons. The van der Waals surface area contributed by atoms with Crippen molar-refractivity contribution in [3.8, 4) is 0 Å². The van der Waals surface area contributed by atoms with Gasteiger partial charge in [0.05, 0.1) is 12.6 Å². The third kappa shape index (κ3) is 4.16. The van der Waals surface area contributed by atoms with E-state index in [2.05, 4.69) is 27.9 Å². The Labute approximate surface area is 161 Å². The standard InChI is InChI=1S/C19H22BrN3O3/c1-21-10-11-23(15(12-21)14-6-4-3-5-7-14)18(24)13-22(2)19(25)16-8-9-17(20)26-16/h3-9,15H,10-13H2,1-2H3. The fourth-order valence-corrected chi connectivity index (χ4v) is 3.47. The molecule has 0 spiro atoms. The number of hydrogen-bond donors (Lipinski definition) is 0. The fraction of sp³-hybridized carbons (Fsp3) is 0.368. The van der Waals surface area contributed by atoms with E-state index in [1.807, 2.05) is 35.2 Å². The number of carbonyl (C=O) groups excluding carboxylic acids is 2. The summed E-state index contributed by atoms with van der Waals surface area (Å²) in [6, 6.07) is 13.3. The van der Waals surface area contributed by atoms with Crippen molar-refractivity contribution in [1.29, 1.82) is 0 Å². The van der Waals surface area contributed by atoms with Gasteiger partial charge in [0.15, 0.2) is 10.4 Å². The topological polar surface area (TPSA) is 57.0 Å². The minimum atomic E-state index is -0.311. The molecule has 0 bridgehead atoms. The Bertz CT molecular complexity index is 777. The number of amides is 2. The largest absolute Gasteiger partial charge is 0.444 e. The summed E-state index contributed by atoms with van der Waals surface area (Å²) in [4.78, 5) is 30.8. The summed E-state index contributed by atoms with van der Waals surface area (Å²) < 4.78 is 5.78. The quantitative estimate of drug-likeness (QED) is 0.763. The lowest BCUT2D eigenvalue weighted by Crippen LogP contribution is -2.52. The third-order valence-corrected chi connectivity index (χ3v) is 5.02. The van der Waals surface area contributed by atoms with E-state index in [0.717, 1.165) is 18.7 Å². The average Bonchev–Trinajstić information content (AvgIpc) is 3.08. The summed E-state index contributed by atoms with van der Waals surface area (Å²) >= 11 is 3.19. The van der Waals surface area contributed by atoms with Crippen LogP contribution in [0.5, 0.6) is 0 Å². The highest BCUT2D eigenvalue weighted by Gasteiger charge is 2.31. The molecule has 1 unspecified atom stereocenters. The molecule has 1 aliphatic heterocycles. The minimum absolute atomic E-state index is 0.0105. The van der Waals surface area contributed by atoms with E-state index in [1.54, 1.807) is 19.2 Å². The van der Waals surface area contributed by atoms with E-state index >= 15 is 0 Å². The van der Waals surface area contributed by atoms with Crippen molar-refractivity contribution >= 4 is 27.7 Å². The van der Waals surface area contributed by atoms with E-state index in [1.165, 1.54) is 4.90 Å². The number of halogens is 1. The molecule has 1 atom stereocenters. The van der Waals surface area contributed by atoms with Gasteiger partial charge in [0, 0.05) is 26.7 Å². The van der Waals surface area contributed by atoms with Gasteiger partial charge in [-0.05, 0) is 40.7 Å². The van der Waals surface area contributed by atoms with Crippen LogP contribution < -0.4 is 0 Å². The van der Waals surface area contributed by atoms with Crippen LogP contribution in [0.3, 0.4) is 0 Å². The van der Waals surface area contributed by atoms with Crippen molar-refractivity contribution < 1.29 is 14.0 Å². The molecule has 1 aromatic carbocycles. The average molecular weight is 420 g/mol. The summed E-state index contributed by atoms with van der Waals surface area (Å²) in [5.74, 6) is -0.159. The van der Waals surface area contributed by atoms with Gasteiger partial charge in [0.25, 0.3) is 5.91 Å². The van der Waals surface area contributed by atoms with Gasteiger partial charge in [-0.15, -0.1) is 0 Å². The maximum Gasteiger partial charge on any atom is 0.289 e. The number of rotatable bonds is 4. The van der Waals surface area contributed by atoms with E-state index in [-0.39, 0.29) is 30.2 Å². The van der Waals surface area contributed by atoms with Crippen molar-refractivity contribution in [3.05, 3.63) is 58.5 Å². The molecule has 1 saturated heterocycles. The minimum Gasteiger partial charge on any atom is -0.444 e. The number of carbonyl (C=O) groups is 2. The molecular formula is C19H22BrN3O3. The van der Waals surface area contributed by atoms with Gasteiger partial charge < -0.3 is 19.1 Å². The first-order valence-electron chi connectivity index (χ1n) is 8.49. The second kappa shape index (κ2) is 8.05. The van der Waals surface area contributed by atoms with Gasteiger partial charge in [-0.25, -0.2) is 0 Å². The van der Waals surface area contributed by atoms with Crippen LogP contribution in [0.1, 0.15) is 22.2 Å². The Morgan fingerprint density at radius 1 is 1.19 bits per heavy atom. The number of likely N-dealkylation sites (N-methyl/N-ethyl adjacent to an activating group) is 2. The molecule has 1 aromatic heterocycles. The molecule has 0 saturated carbocycles. The molecule has 0 aliphatic carbocycles. The lowest BCUT2D eigenvalue weighted by Gasteiger charge is -2.40. The Balaban J connectivity index is 1.71. The first-order chi connectivity index (χ1) is 12.5. The van der Waals surface area contributed by atoms with Crippen LogP contribution in [0.2, 0.25) is 0 Å². The molecule has 1 fully saturated rings. The lowest BCUT2D eigenvalue weighted by atomic mass is 10.0. The van der Waals surface area contributed by atoms with Gasteiger partial charge in [-0.3, -0.25) is 9.59 Å². The summed E-state index contributed by atoms with van der Waals surface area (Å²) in [5, 5.41) is 0. The van der Waals surface area contributed by atoms with Gasteiger partial charge >= 0.3 is 0 Å². The zero-order valence-electron chi connectivity index (χ0n) is 14.9. The fourth-order valence-electron chi connectivity index (χ4n) is 3.16. The summed E-state index contributed by atoms with van der Waals surface area (Å²) in [7, 11) is 3.67. The normalized spacial score (nSPS) is 18.0. The van der Waals surface area contributed by atoms with E-state index in [0.29, 0.717) is 11.2 Å². The number of furan rings is 1. The molecule has 6 nitrogen and oxygen atoms in total. The summed E-state index contributed by atoms with van der Waals surface area (Å²) in [6.07, 6.45) is 0. The van der Waals surface area contributed by atoms with Gasteiger partial charge in [0.1, 0.15) is 0 Å². The van der Waals surface area contributed by atoms with Crippen molar-refractivity contribution in [3.63, 3.8) is 0 Å². The molecule has 2 amide bonds. The van der Waals surface area contributed by atoms with E-state index in [4.69, 9.17) is 4.42 Å². The third-order valence-electron chi connectivity index (χ3n) is 4.59. The Morgan fingerprint density at radius 2 is 1.92 bits per heavy atom. The van der Waals surface area contributed by atoms with E-state index < -0.39 is 0 Å². The van der Waals surface area contributed by atoms with Crippen molar-refractivity contribution in [2.75, 3.05) is 40.3 Å². The van der Waals surface area contributed by atoms with Crippen molar-refractivity contribution in [2.24, 2.45) is 0 Å². The Morgan fingerprint density at radius 3 is 2.58 bits per heavy atom. The van der Waals surface area contributed by atoms with Crippen molar-refractivity contribution in [2.45, 2.75) is 6.04 Å². The second-order valence-electron chi connectivity index (χ2n) is 6.54. The monoisotopic (exact) mass is 419 g/mol. The highest BCUT2D eigenvalue weighted by molar-refractivity contribution is 9.10. The number of nitrogens with zero attached hydrogens (tertiary/aromatic N) is 3. The predicted molar refractivity (Wildman–Crippen MR) is 102 cm³/mol. The van der Waals surface area contributed by atoms with Crippen molar-refractivity contribution in [1.82, 2.24) is 14.7 Å². The molecule has 138 valence electrons. The maximum atomic E-state index is 12.9. The predicted octanol–water partition coefficient (Wildman–Crippen LogP) is 2.63. The first-order valence-corrected chi connectivity index (χ1v) is 9.29. The Kier molecular flexibility index (Phi) is 5.78. The molecular weight excluding hydrogens is 398 g/mol. The van der Waals surface area contributed by atoms with Gasteiger partial charge in [-0.2, -0.15) is 0 Å². The zero-order valence-corrected chi connectivity index (χ0v) is 16.5. The molecule has 2 aromatic rings. The number of benzene rings is 1. The van der Waals surface area contributed by atoms with Crippen LogP contribution in [-0.4, -0.2) is 66.8 Å². The summed E-state index contributed by atoms with van der Waals surface area (Å²) in [5.41, 5.74) is 1.11. The van der Waals surface area contributed by atoms with Crippen LogP contribution in [0.15, 0.2) is 51.6 Å². The lowest BCUT2D eigenvalue weighted by molar-refractivity contribution is -0.136. The van der Waals surface area contributed by atoms with Crippen LogP contribution in [0, 0.1) is 0 Å². The van der Waals surface area contributed by atoms with Crippen LogP contribution in [0.25, 0.3) is 0 Å². The zero-order chi connectivity index (χ0) is 18.7.